The normalized spacial score (nSPS) is 14.8. The maximum Gasteiger partial charge on any atom is 0.150 e. The molecule has 0 spiro atoms. The Morgan fingerprint density at radius 2 is 1.38 bits per heavy atom. The van der Waals surface area contributed by atoms with E-state index in [2.05, 4.69) is 124 Å². The molecule has 0 aliphatic carbocycles. The summed E-state index contributed by atoms with van der Waals surface area (Å²) in [5.41, 5.74) is 2.42. The first-order valence-corrected chi connectivity index (χ1v) is 17.1. The highest BCUT2D eigenvalue weighted by Gasteiger charge is 2.13. The van der Waals surface area contributed by atoms with E-state index in [0.29, 0.717) is 26.3 Å². The highest BCUT2D eigenvalue weighted by atomic mass is 16.5. The standard InChI is InChI=1S/C42H42N6O2/c1-31(35-13-11-33-7-3-5-9-37(33)27-35)45-29-41-43-19-21-47(41)23-25-49-39-15-17-40(18-16-39)50-26-24-48-22-20-44-42(48)30-46-32(2)36-14-12-34-8-4-6-10-38(34)28-36/h3-22,27-32,43,45H,23-26H2,1-2H3/b41-29+,46-30?/t31-,32-/m1/s1. The molecule has 2 heterocycles. The summed E-state index contributed by atoms with van der Waals surface area (Å²) < 4.78 is 14.1. The van der Waals surface area contributed by atoms with Crippen molar-refractivity contribution in [1.82, 2.24) is 25.1 Å². The highest BCUT2D eigenvalue weighted by molar-refractivity contribution is 5.84. The molecule has 1 aliphatic rings. The SMILES string of the molecule is C[C@@H](N=Cc1nccn1CCOc1ccc(OCCN2C=CN/C2=C\N[C@H](C)c2ccc3ccccc3c2)cc1)c1ccc2ccccc2c1. The fourth-order valence-electron chi connectivity index (χ4n) is 6.00. The number of benzene rings is 5. The number of nitrogens with zero attached hydrogens (tertiary/aromatic N) is 4. The monoisotopic (exact) mass is 662 g/mol. The summed E-state index contributed by atoms with van der Waals surface area (Å²) >= 11 is 0. The number of ether oxygens (including phenoxy) is 2. The van der Waals surface area contributed by atoms with Gasteiger partial charge in [-0.3, -0.25) is 4.99 Å². The van der Waals surface area contributed by atoms with Gasteiger partial charge in [0.05, 0.1) is 25.3 Å². The fraction of sp³-hybridized carbons (Fsp3) is 0.190. The largest absolute Gasteiger partial charge is 0.492 e. The molecule has 8 heteroatoms. The summed E-state index contributed by atoms with van der Waals surface area (Å²) in [7, 11) is 0. The predicted octanol–water partition coefficient (Wildman–Crippen LogP) is 8.35. The van der Waals surface area contributed by atoms with E-state index in [1.807, 2.05) is 55.3 Å². The fourth-order valence-corrected chi connectivity index (χ4v) is 6.00. The van der Waals surface area contributed by atoms with Crippen LogP contribution in [0.5, 0.6) is 11.5 Å². The van der Waals surface area contributed by atoms with E-state index in [1.54, 1.807) is 6.20 Å². The molecule has 0 amide bonds. The quantitative estimate of drug-likeness (QED) is 0.114. The van der Waals surface area contributed by atoms with Gasteiger partial charge in [-0.2, -0.15) is 0 Å². The molecule has 8 nitrogen and oxygen atoms in total. The van der Waals surface area contributed by atoms with E-state index in [1.165, 1.54) is 32.7 Å². The van der Waals surface area contributed by atoms with E-state index in [-0.39, 0.29) is 12.1 Å². The molecule has 252 valence electrons. The molecule has 5 aromatic carbocycles. The van der Waals surface area contributed by atoms with Gasteiger partial charge < -0.3 is 29.6 Å². The average Bonchev–Trinajstić information content (AvgIpc) is 3.82. The van der Waals surface area contributed by atoms with E-state index >= 15 is 0 Å². The second-order valence-corrected chi connectivity index (χ2v) is 12.4. The molecular formula is C42H42N6O2. The zero-order chi connectivity index (χ0) is 34.1. The number of nitrogens with one attached hydrogen (secondary N) is 2. The van der Waals surface area contributed by atoms with Crippen molar-refractivity contribution in [3.63, 3.8) is 0 Å². The van der Waals surface area contributed by atoms with Crippen molar-refractivity contribution in [3.8, 4) is 11.5 Å². The third-order valence-electron chi connectivity index (χ3n) is 8.98. The molecule has 1 aliphatic heterocycles. The van der Waals surface area contributed by atoms with Gasteiger partial charge in [-0.1, -0.05) is 72.8 Å². The summed E-state index contributed by atoms with van der Waals surface area (Å²) in [5.74, 6) is 3.38. The van der Waals surface area contributed by atoms with Gasteiger partial charge in [0.25, 0.3) is 0 Å². The van der Waals surface area contributed by atoms with Crippen LogP contribution in [0.25, 0.3) is 21.5 Å². The molecule has 0 radical (unpaired) electrons. The third kappa shape index (κ3) is 7.98. The van der Waals surface area contributed by atoms with Crippen LogP contribution in [-0.4, -0.2) is 40.4 Å². The third-order valence-corrected chi connectivity index (χ3v) is 8.98. The zero-order valence-corrected chi connectivity index (χ0v) is 28.4. The molecule has 1 aromatic heterocycles. The van der Waals surface area contributed by atoms with Gasteiger partial charge in [-0.05, 0) is 82.9 Å². The van der Waals surface area contributed by atoms with Crippen molar-refractivity contribution in [2.75, 3.05) is 19.8 Å². The van der Waals surface area contributed by atoms with Crippen LogP contribution in [0.2, 0.25) is 0 Å². The summed E-state index contributed by atoms with van der Waals surface area (Å²) in [6.45, 7) is 6.68. The van der Waals surface area contributed by atoms with Crippen molar-refractivity contribution in [2.24, 2.45) is 4.99 Å². The Hall–Kier alpha value is -6.02. The summed E-state index contributed by atoms with van der Waals surface area (Å²) in [6, 6.07) is 37.9. The number of fused-ring (bicyclic) bond motifs is 2. The first kappa shape index (κ1) is 32.5. The van der Waals surface area contributed by atoms with Crippen LogP contribution in [0.3, 0.4) is 0 Å². The Morgan fingerprint density at radius 3 is 2.08 bits per heavy atom. The molecular weight excluding hydrogens is 621 g/mol. The van der Waals surface area contributed by atoms with E-state index < -0.39 is 0 Å². The number of hydrogen-bond donors (Lipinski definition) is 2. The van der Waals surface area contributed by atoms with Crippen LogP contribution in [0, 0.1) is 0 Å². The molecule has 0 unspecified atom stereocenters. The van der Waals surface area contributed by atoms with E-state index in [4.69, 9.17) is 14.5 Å². The Morgan fingerprint density at radius 1 is 0.760 bits per heavy atom. The lowest BCUT2D eigenvalue weighted by Gasteiger charge is -2.20. The number of hydrogen-bond acceptors (Lipinski definition) is 7. The average molecular weight is 663 g/mol. The smallest absolute Gasteiger partial charge is 0.150 e. The molecule has 2 atom stereocenters. The maximum absolute atomic E-state index is 6.05. The van der Waals surface area contributed by atoms with Gasteiger partial charge in [0.15, 0.2) is 5.82 Å². The van der Waals surface area contributed by atoms with Gasteiger partial charge in [0, 0.05) is 37.0 Å². The summed E-state index contributed by atoms with van der Waals surface area (Å²) in [4.78, 5) is 11.4. The number of imidazole rings is 1. The minimum absolute atomic E-state index is 0.0242. The number of aliphatic imine (C=N–C) groups is 1. The van der Waals surface area contributed by atoms with E-state index in [9.17, 15) is 0 Å². The van der Waals surface area contributed by atoms with Crippen LogP contribution in [0.1, 0.15) is 42.9 Å². The Labute approximate surface area is 293 Å². The Balaban J connectivity index is 0.844. The van der Waals surface area contributed by atoms with Crippen molar-refractivity contribution < 1.29 is 9.47 Å². The lowest BCUT2D eigenvalue weighted by Crippen LogP contribution is -2.26. The number of rotatable bonds is 14. The number of aromatic nitrogens is 2. The predicted molar refractivity (Wildman–Crippen MR) is 202 cm³/mol. The second kappa shape index (κ2) is 15.5. The van der Waals surface area contributed by atoms with Crippen molar-refractivity contribution >= 4 is 27.8 Å². The topological polar surface area (TPSA) is 75.9 Å². The van der Waals surface area contributed by atoms with Crippen LogP contribution < -0.4 is 20.1 Å². The second-order valence-electron chi connectivity index (χ2n) is 12.4. The lowest BCUT2D eigenvalue weighted by atomic mass is 10.0. The van der Waals surface area contributed by atoms with Gasteiger partial charge >= 0.3 is 0 Å². The Bertz CT molecular complexity index is 2130. The van der Waals surface area contributed by atoms with Gasteiger partial charge in [-0.15, -0.1) is 0 Å². The van der Waals surface area contributed by atoms with Crippen LogP contribution >= 0.6 is 0 Å². The molecule has 0 saturated heterocycles. The minimum Gasteiger partial charge on any atom is -0.492 e. The summed E-state index contributed by atoms with van der Waals surface area (Å²) in [5, 5.41) is 11.8. The van der Waals surface area contributed by atoms with Gasteiger partial charge in [-0.25, -0.2) is 4.98 Å². The van der Waals surface area contributed by atoms with Gasteiger partial charge in [0.1, 0.15) is 30.5 Å². The lowest BCUT2D eigenvalue weighted by molar-refractivity contribution is 0.274. The van der Waals surface area contributed by atoms with Crippen LogP contribution in [-0.2, 0) is 6.54 Å². The minimum atomic E-state index is 0.0242. The molecule has 0 fully saturated rings. The molecule has 2 N–H and O–H groups in total. The van der Waals surface area contributed by atoms with Crippen molar-refractivity contribution in [1.29, 1.82) is 0 Å². The first-order chi connectivity index (χ1) is 24.6. The van der Waals surface area contributed by atoms with Crippen LogP contribution in [0.4, 0.5) is 0 Å². The van der Waals surface area contributed by atoms with Crippen molar-refractivity contribution in [3.05, 3.63) is 163 Å². The molecule has 7 rings (SSSR count). The molecule has 50 heavy (non-hydrogen) atoms. The van der Waals surface area contributed by atoms with Crippen molar-refractivity contribution in [2.45, 2.75) is 32.5 Å². The van der Waals surface area contributed by atoms with Crippen LogP contribution in [0.15, 0.2) is 151 Å². The first-order valence-electron chi connectivity index (χ1n) is 17.1. The van der Waals surface area contributed by atoms with E-state index in [0.717, 1.165) is 23.1 Å². The zero-order valence-electron chi connectivity index (χ0n) is 28.4. The highest BCUT2D eigenvalue weighted by Crippen LogP contribution is 2.24. The maximum atomic E-state index is 6.05. The molecule has 0 bridgehead atoms. The molecule has 6 aromatic rings. The Kier molecular flexibility index (Phi) is 10.1. The summed E-state index contributed by atoms with van der Waals surface area (Å²) in [6.07, 6.45) is 11.6. The molecule has 0 saturated carbocycles. The van der Waals surface area contributed by atoms with Gasteiger partial charge in [0.2, 0.25) is 0 Å².